The van der Waals surface area contributed by atoms with E-state index in [2.05, 4.69) is 15.3 Å². The summed E-state index contributed by atoms with van der Waals surface area (Å²) in [5, 5.41) is 4.29. The highest BCUT2D eigenvalue weighted by atomic mass is 35.5. The van der Waals surface area contributed by atoms with Gasteiger partial charge in [-0.25, -0.2) is 9.97 Å². The van der Waals surface area contributed by atoms with Gasteiger partial charge in [-0.15, -0.1) is 0 Å². The number of hydrogen-bond acceptors (Lipinski definition) is 4. The Kier molecular flexibility index (Phi) is 4.12. The van der Waals surface area contributed by atoms with Crippen LogP contribution in [0, 0.1) is 6.92 Å². The number of nitrogens with one attached hydrogen (secondary N) is 1. The molecule has 2 rings (SSSR count). The van der Waals surface area contributed by atoms with E-state index in [4.69, 9.17) is 28.9 Å². The first-order valence-corrected chi connectivity index (χ1v) is 6.61. The van der Waals surface area contributed by atoms with Crippen LogP contribution in [0.4, 0.5) is 17.3 Å². The Balaban J connectivity index is 2.39. The van der Waals surface area contributed by atoms with E-state index < -0.39 is 0 Å². The molecule has 0 fully saturated rings. The number of nitrogens with zero attached hydrogens (tertiary/aromatic N) is 2. The lowest BCUT2D eigenvalue weighted by atomic mass is 10.2. The van der Waals surface area contributed by atoms with E-state index >= 15 is 0 Å². The highest BCUT2D eigenvalue weighted by Gasteiger charge is 2.08. The summed E-state index contributed by atoms with van der Waals surface area (Å²) in [6.45, 7) is 3.84. The second kappa shape index (κ2) is 5.63. The number of nitrogen functional groups attached to an aromatic ring is 1. The van der Waals surface area contributed by atoms with E-state index in [0.717, 1.165) is 17.7 Å². The molecule has 0 atom stereocenters. The van der Waals surface area contributed by atoms with Gasteiger partial charge < -0.3 is 11.1 Å². The summed E-state index contributed by atoms with van der Waals surface area (Å²) >= 11 is 11.9. The molecule has 0 saturated heterocycles. The van der Waals surface area contributed by atoms with Gasteiger partial charge in [-0.05, 0) is 25.1 Å². The summed E-state index contributed by atoms with van der Waals surface area (Å²) in [6.07, 6.45) is 0.718. The molecule has 6 heteroatoms. The zero-order chi connectivity index (χ0) is 14.0. The largest absolute Gasteiger partial charge is 0.383 e. The number of anilines is 3. The van der Waals surface area contributed by atoms with Crippen LogP contribution in [0.25, 0.3) is 0 Å². The van der Waals surface area contributed by atoms with Crippen molar-refractivity contribution in [2.24, 2.45) is 0 Å². The molecule has 4 nitrogen and oxygen atoms in total. The number of rotatable bonds is 3. The molecular formula is C13H14Cl2N4. The van der Waals surface area contributed by atoms with Crippen molar-refractivity contribution < 1.29 is 0 Å². The van der Waals surface area contributed by atoms with Crippen molar-refractivity contribution in [2.45, 2.75) is 20.3 Å². The number of aryl methyl sites for hydroxylation is 1. The van der Waals surface area contributed by atoms with Gasteiger partial charge in [0.1, 0.15) is 17.5 Å². The Morgan fingerprint density at radius 2 is 1.79 bits per heavy atom. The van der Waals surface area contributed by atoms with Gasteiger partial charge in [-0.1, -0.05) is 30.1 Å². The molecule has 0 amide bonds. The van der Waals surface area contributed by atoms with Crippen LogP contribution in [0.5, 0.6) is 0 Å². The molecule has 1 aromatic heterocycles. The average molecular weight is 297 g/mol. The third kappa shape index (κ3) is 3.28. The molecule has 0 aliphatic rings. The highest BCUT2D eigenvalue weighted by Crippen LogP contribution is 2.27. The molecular weight excluding hydrogens is 283 g/mol. The van der Waals surface area contributed by atoms with Crippen molar-refractivity contribution in [3.63, 3.8) is 0 Å². The molecule has 0 aliphatic heterocycles. The van der Waals surface area contributed by atoms with E-state index in [9.17, 15) is 0 Å². The Bertz CT molecular complexity index is 594. The lowest BCUT2D eigenvalue weighted by molar-refractivity contribution is 0.940. The van der Waals surface area contributed by atoms with E-state index in [-0.39, 0.29) is 0 Å². The van der Waals surface area contributed by atoms with Gasteiger partial charge >= 0.3 is 0 Å². The van der Waals surface area contributed by atoms with Crippen LogP contribution in [0.15, 0.2) is 18.2 Å². The fraction of sp³-hybridized carbons (Fsp3) is 0.231. The standard InChI is InChI=1S/C13H14Cl2N4/c1-3-11-18-12(16)7(2)13(19-11)17-10-5-8(14)4-9(15)6-10/h4-6H,3H2,1-2H3,(H3,16,17,18,19). The summed E-state index contributed by atoms with van der Waals surface area (Å²) in [5.41, 5.74) is 7.43. The van der Waals surface area contributed by atoms with Gasteiger partial charge in [0.05, 0.1) is 0 Å². The normalized spacial score (nSPS) is 10.5. The maximum Gasteiger partial charge on any atom is 0.139 e. The molecule has 0 saturated carbocycles. The molecule has 0 aliphatic carbocycles. The third-order valence-corrected chi connectivity index (χ3v) is 3.11. The van der Waals surface area contributed by atoms with E-state index in [1.54, 1.807) is 18.2 Å². The van der Waals surface area contributed by atoms with Crippen LogP contribution >= 0.6 is 23.2 Å². The van der Waals surface area contributed by atoms with Gasteiger partial charge in [0.25, 0.3) is 0 Å². The number of halogens is 2. The Labute approximate surface area is 122 Å². The second-order valence-corrected chi connectivity index (χ2v) is 5.01. The number of hydrogen-bond donors (Lipinski definition) is 2. The Morgan fingerprint density at radius 1 is 1.16 bits per heavy atom. The molecule has 1 heterocycles. The lowest BCUT2D eigenvalue weighted by Crippen LogP contribution is -2.06. The van der Waals surface area contributed by atoms with Gasteiger partial charge in [0, 0.05) is 27.7 Å². The Hall–Kier alpha value is -1.52. The van der Waals surface area contributed by atoms with Gasteiger partial charge in [-0.2, -0.15) is 0 Å². The summed E-state index contributed by atoms with van der Waals surface area (Å²) in [6, 6.07) is 5.22. The maximum atomic E-state index is 5.96. The molecule has 3 N–H and O–H groups in total. The topological polar surface area (TPSA) is 63.8 Å². The smallest absolute Gasteiger partial charge is 0.139 e. The summed E-state index contributed by atoms with van der Waals surface area (Å²) < 4.78 is 0. The highest BCUT2D eigenvalue weighted by molar-refractivity contribution is 6.35. The fourth-order valence-corrected chi connectivity index (χ4v) is 2.15. The molecule has 19 heavy (non-hydrogen) atoms. The first-order chi connectivity index (χ1) is 8.99. The van der Waals surface area contributed by atoms with Crippen LogP contribution in [0.1, 0.15) is 18.3 Å². The quantitative estimate of drug-likeness (QED) is 0.899. The van der Waals surface area contributed by atoms with Crippen LogP contribution in [-0.2, 0) is 6.42 Å². The summed E-state index contributed by atoms with van der Waals surface area (Å²) in [5.74, 6) is 1.84. The van der Waals surface area contributed by atoms with Crippen molar-refractivity contribution in [3.05, 3.63) is 39.6 Å². The van der Waals surface area contributed by atoms with Crippen molar-refractivity contribution in [3.8, 4) is 0 Å². The third-order valence-electron chi connectivity index (χ3n) is 2.67. The van der Waals surface area contributed by atoms with Crippen molar-refractivity contribution >= 4 is 40.5 Å². The molecule has 0 radical (unpaired) electrons. The van der Waals surface area contributed by atoms with Gasteiger partial charge in [-0.3, -0.25) is 0 Å². The molecule has 0 spiro atoms. The zero-order valence-corrected chi connectivity index (χ0v) is 12.2. The van der Waals surface area contributed by atoms with E-state index in [0.29, 0.717) is 27.5 Å². The lowest BCUT2D eigenvalue weighted by Gasteiger charge is -2.12. The fourth-order valence-electron chi connectivity index (χ4n) is 1.62. The van der Waals surface area contributed by atoms with Crippen LogP contribution in [-0.4, -0.2) is 9.97 Å². The minimum Gasteiger partial charge on any atom is -0.383 e. The Morgan fingerprint density at radius 3 is 2.37 bits per heavy atom. The zero-order valence-electron chi connectivity index (χ0n) is 10.7. The molecule has 2 aromatic rings. The van der Waals surface area contributed by atoms with E-state index in [1.807, 2.05) is 13.8 Å². The van der Waals surface area contributed by atoms with Crippen LogP contribution in [0.3, 0.4) is 0 Å². The minimum absolute atomic E-state index is 0.475. The van der Waals surface area contributed by atoms with Crippen molar-refractivity contribution in [1.29, 1.82) is 0 Å². The maximum absolute atomic E-state index is 5.96. The van der Waals surface area contributed by atoms with Gasteiger partial charge in [0.15, 0.2) is 0 Å². The van der Waals surface area contributed by atoms with E-state index in [1.165, 1.54) is 0 Å². The molecule has 100 valence electrons. The van der Waals surface area contributed by atoms with Gasteiger partial charge in [0.2, 0.25) is 0 Å². The minimum atomic E-state index is 0.475. The predicted octanol–water partition coefficient (Wildman–Crippen LogP) is 3.98. The second-order valence-electron chi connectivity index (χ2n) is 4.14. The van der Waals surface area contributed by atoms with Crippen LogP contribution in [0.2, 0.25) is 10.0 Å². The summed E-state index contributed by atoms with van der Waals surface area (Å²) in [7, 11) is 0. The summed E-state index contributed by atoms with van der Waals surface area (Å²) in [4.78, 5) is 8.62. The molecule has 1 aromatic carbocycles. The molecule has 0 bridgehead atoms. The van der Waals surface area contributed by atoms with Crippen molar-refractivity contribution in [1.82, 2.24) is 9.97 Å². The average Bonchev–Trinajstić information content (AvgIpc) is 2.33. The monoisotopic (exact) mass is 296 g/mol. The first kappa shape index (κ1) is 13.9. The van der Waals surface area contributed by atoms with Crippen molar-refractivity contribution in [2.75, 3.05) is 11.1 Å². The number of nitrogens with two attached hydrogens (primary N) is 1. The van der Waals surface area contributed by atoms with Crippen LogP contribution < -0.4 is 11.1 Å². The first-order valence-electron chi connectivity index (χ1n) is 5.85. The molecule has 0 unspecified atom stereocenters. The predicted molar refractivity (Wildman–Crippen MR) is 80.3 cm³/mol. The number of benzene rings is 1. The SMILES string of the molecule is CCc1nc(N)c(C)c(Nc2cc(Cl)cc(Cl)c2)n1. The number of aromatic nitrogens is 2.